The number of thiophene rings is 1. The number of rotatable bonds is 7. The van der Waals surface area contributed by atoms with Gasteiger partial charge in [-0.15, -0.1) is 11.3 Å². The van der Waals surface area contributed by atoms with Crippen molar-refractivity contribution in [3.05, 3.63) is 23.2 Å². The monoisotopic (exact) mass is 445 g/mol. The van der Waals surface area contributed by atoms with Crippen LogP contribution in [0, 0.1) is 0 Å². The molecule has 1 N–H and O–H groups in total. The van der Waals surface area contributed by atoms with Gasteiger partial charge in [-0.25, -0.2) is 0 Å². The Labute approximate surface area is 188 Å². The Morgan fingerprint density at radius 1 is 1.26 bits per heavy atom. The molecule has 3 heterocycles. The number of carbonyl (C=O) groups excluding carboxylic acids is 2. The van der Waals surface area contributed by atoms with Crippen LogP contribution in [0.5, 0.6) is 0 Å². The summed E-state index contributed by atoms with van der Waals surface area (Å²) in [6.07, 6.45) is 8.90. The molecule has 1 aliphatic heterocycles. The van der Waals surface area contributed by atoms with Crippen molar-refractivity contribution in [2.75, 3.05) is 19.8 Å². The fourth-order valence-electron chi connectivity index (χ4n) is 5.03. The number of nitrogens with zero attached hydrogens (tertiary/aromatic N) is 2. The molecular weight excluding hydrogens is 410 g/mol. The number of carbonyl (C=O) groups is 2. The highest BCUT2D eigenvalue weighted by atomic mass is 32.1. The van der Waals surface area contributed by atoms with Gasteiger partial charge in [0, 0.05) is 25.8 Å². The van der Waals surface area contributed by atoms with E-state index in [0.29, 0.717) is 32.0 Å². The van der Waals surface area contributed by atoms with Crippen molar-refractivity contribution in [1.29, 1.82) is 0 Å². The second kappa shape index (κ2) is 9.74. The van der Waals surface area contributed by atoms with E-state index in [1.54, 1.807) is 16.2 Å². The predicted molar refractivity (Wildman–Crippen MR) is 125 cm³/mol. The maximum absolute atomic E-state index is 13.7. The highest BCUT2D eigenvalue weighted by Gasteiger charge is 2.47. The fourth-order valence-corrected chi connectivity index (χ4v) is 5.86. The molecule has 2 aliphatic rings. The van der Waals surface area contributed by atoms with E-state index in [2.05, 4.69) is 11.4 Å². The smallest absolute Gasteiger partial charge is 0.271 e. The van der Waals surface area contributed by atoms with E-state index in [1.165, 1.54) is 19.3 Å². The molecule has 2 aromatic rings. The maximum atomic E-state index is 13.7. The van der Waals surface area contributed by atoms with E-state index >= 15 is 0 Å². The minimum absolute atomic E-state index is 0.0226. The summed E-state index contributed by atoms with van der Waals surface area (Å²) in [5.41, 5.74) is 0.828. The molecule has 4 rings (SSSR count). The lowest BCUT2D eigenvalue weighted by Gasteiger charge is -2.44. The highest BCUT2D eigenvalue weighted by molar-refractivity contribution is 7.17. The third kappa shape index (κ3) is 4.53. The van der Waals surface area contributed by atoms with Gasteiger partial charge in [-0.3, -0.25) is 9.59 Å². The average Bonchev–Trinajstić information content (AvgIpc) is 3.31. The van der Waals surface area contributed by atoms with Crippen LogP contribution in [-0.2, 0) is 16.1 Å². The number of fused-ring (bicyclic) bond motifs is 3. The zero-order valence-corrected chi connectivity index (χ0v) is 19.6. The number of ether oxygens (including phenoxy) is 1. The van der Waals surface area contributed by atoms with E-state index in [0.717, 1.165) is 42.3 Å². The molecule has 0 spiro atoms. The molecule has 7 heteroatoms. The van der Waals surface area contributed by atoms with Crippen LogP contribution in [0.3, 0.4) is 0 Å². The number of amides is 2. The second-order valence-electron chi connectivity index (χ2n) is 9.08. The minimum Gasteiger partial charge on any atom is -0.382 e. The second-order valence-corrected chi connectivity index (χ2v) is 10.0. The van der Waals surface area contributed by atoms with E-state index in [4.69, 9.17) is 4.74 Å². The first-order valence-electron chi connectivity index (χ1n) is 11.8. The van der Waals surface area contributed by atoms with Crippen molar-refractivity contribution in [2.45, 2.75) is 83.3 Å². The van der Waals surface area contributed by atoms with E-state index < -0.39 is 5.54 Å². The molecular formula is C24H35N3O3S. The molecule has 0 radical (unpaired) electrons. The molecule has 1 fully saturated rings. The zero-order chi connectivity index (χ0) is 21.8. The molecule has 2 aromatic heterocycles. The van der Waals surface area contributed by atoms with Gasteiger partial charge in [0.2, 0.25) is 5.91 Å². The van der Waals surface area contributed by atoms with Gasteiger partial charge >= 0.3 is 0 Å². The van der Waals surface area contributed by atoms with Crippen LogP contribution in [0.15, 0.2) is 17.5 Å². The molecule has 0 bridgehead atoms. The van der Waals surface area contributed by atoms with Gasteiger partial charge in [-0.05, 0) is 50.6 Å². The molecule has 1 aliphatic carbocycles. The summed E-state index contributed by atoms with van der Waals surface area (Å²) in [5.74, 6) is -0.0768. The Bertz CT molecular complexity index is 912. The van der Waals surface area contributed by atoms with Crippen LogP contribution in [-0.4, -0.2) is 52.6 Å². The normalized spacial score (nSPS) is 22.9. The van der Waals surface area contributed by atoms with Crippen molar-refractivity contribution < 1.29 is 14.3 Å². The van der Waals surface area contributed by atoms with Crippen LogP contribution in [0.2, 0.25) is 0 Å². The summed E-state index contributed by atoms with van der Waals surface area (Å²) in [7, 11) is 0. The van der Waals surface area contributed by atoms with Gasteiger partial charge in [-0.2, -0.15) is 0 Å². The Kier molecular flexibility index (Phi) is 7.02. The minimum atomic E-state index is -0.910. The van der Waals surface area contributed by atoms with Gasteiger partial charge in [0.05, 0.1) is 16.8 Å². The summed E-state index contributed by atoms with van der Waals surface area (Å²) < 4.78 is 8.64. The van der Waals surface area contributed by atoms with Crippen molar-refractivity contribution in [1.82, 2.24) is 14.8 Å². The van der Waals surface area contributed by atoms with Crippen LogP contribution < -0.4 is 5.32 Å². The summed E-state index contributed by atoms with van der Waals surface area (Å²) in [6, 6.07) is 4.23. The topological polar surface area (TPSA) is 63.6 Å². The van der Waals surface area contributed by atoms with E-state index in [9.17, 15) is 9.59 Å². The fraction of sp³-hybridized carbons (Fsp3) is 0.667. The quantitative estimate of drug-likeness (QED) is 0.635. The van der Waals surface area contributed by atoms with Crippen molar-refractivity contribution in [3.8, 4) is 0 Å². The van der Waals surface area contributed by atoms with Gasteiger partial charge in [0.1, 0.15) is 11.2 Å². The Balaban J connectivity index is 1.59. The standard InChI is InChI=1S/C24H35N3O3S/c1-3-30-14-9-13-27-22(28)20-16-21-19(12-15-31-21)26(20)17-24(27,2)23(29)25-18-10-7-5-4-6-8-11-18/h12,15-16,18H,3-11,13-14,17H2,1-2H3,(H,25,29)/t24-/m1/s1. The molecule has 0 aromatic carbocycles. The highest BCUT2D eigenvalue weighted by Crippen LogP contribution is 2.34. The Morgan fingerprint density at radius 3 is 2.74 bits per heavy atom. The number of hydrogen-bond donors (Lipinski definition) is 1. The van der Waals surface area contributed by atoms with Crippen LogP contribution in [0.25, 0.3) is 10.2 Å². The molecule has 2 amide bonds. The van der Waals surface area contributed by atoms with Gasteiger partial charge in [-0.1, -0.05) is 32.1 Å². The van der Waals surface area contributed by atoms with Gasteiger partial charge in [0.15, 0.2) is 0 Å². The molecule has 1 atom stereocenters. The lowest BCUT2D eigenvalue weighted by Crippen LogP contribution is -2.65. The summed E-state index contributed by atoms with van der Waals surface area (Å²) in [5, 5.41) is 5.38. The van der Waals surface area contributed by atoms with E-state index in [-0.39, 0.29) is 17.9 Å². The first kappa shape index (κ1) is 22.3. The SMILES string of the molecule is CCOCCCN1C(=O)c2cc3sccc3n2C[C@]1(C)C(=O)NC1CCCCCCC1. The predicted octanol–water partition coefficient (Wildman–Crippen LogP) is 4.57. The summed E-state index contributed by atoms with van der Waals surface area (Å²) >= 11 is 1.64. The van der Waals surface area contributed by atoms with Crippen molar-refractivity contribution >= 4 is 33.4 Å². The molecule has 6 nitrogen and oxygen atoms in total. The number of hydrogen-bond acceptors (Lipinski definition) is 4. The average molecular weight is 446 g/mol. The zero-order valence-electron chi connectivity index (χ0n) is 18.8. The Morgan fingerprint density at radius 2 is 2.00 bits per heavy atom. The molecule has 1 saturated carbocycles. The Hall–Kier alpha value is -1.86. The summed E-state index contributed by atoms with van der Waals surface area (Å²) in [4.78, 5) is 29.0. The molecule has 0 saturated heterocycles. The largest absolute Gasteiger partial charge is 0.382 e. The molecule has 170 valence electrons. The maximum Gasteiger partial charge on any atom is 0.271 e. The third-order valence-corrected chi connectivity index (χ3v) is 7.71. The van der Waals surface area contributed by atoms with Gasteiger partial charge in [0.25, 0.3) is 5.91 Å². The third-order valence-electron chi connectivity index (χ3n) is 6.85. The summed E-state index contributed by atoms with van der Waals surface area (Å²) in [6.45, 7) is 6.17. The lowest BCUT2D eigenvalue weighted by molar-refractivity contribution is -0.133. The van der Waals surface area contributed by atoms with Crippen LogP contribution in [0.4, 0.5) is 0 Å². The first-order chi connectivity index (χ1) is 15.0. The molecule has 31 heavy (non-hydrogen) atoms. The lowest BCUT2D eigenvalue weighted by atomic mass is 9.92. The van der Waals surface area contributed by atoms with Crippen LogP contribution in [0.1, 0.15) is 75.7 Å². The number of aromatic nitrogens is 1. The number of nitrogens with one attached hydrogen (secondary N) is 1. The first-order valence-corrected chi connectivity index (χ1v) is 12.7. The van der Waals surface area contributed by atoms with Crippen molar-refractivity contribution in [3.63, 3.8) is 0 Å². The van der Waals surface area contributed by atoms with Gasteiger partial charge < -0.3 is 19.5 Å². The molecule has 0 unspecified atom stereocenters. The van der Waals surface area contributed by atoms with Crippen LogP contribution >= 0.6 is 11.3 Å². The van der Waals surface area contributed by atoms with E-state index in [1.807, 2.05) is 29.9 Å². The van der Waals surface area contributed by atoms with Crippen molar-refractivity contribution in [2.24, 2.45) is 0 Å².